The lowest BCUT2D eigenvalue weighted by atomic mass is 9.82. The van der Waals surface area contributed by atoms with Crippen LogP contribution in [0.5, 0.6) is 0 Å². The number of nitrogens with one attached hydrogen (secondary N) is 1. The van der Waals surface area contributed by atoms with E-state index in [1.54, 1.807) is 0 Å². The Morgan fingerprint density at radius 2 is 2.00 bits per heavy atom. The average Bonchev–Trinajstić information content (AvgIpc) is 2.89. The minimum Gasteiger partial charge on any atom is -0.394 e. The molecule has 1 aromatic rings. The van der Waals surface area contributed by atoms with Crippen molar-refractivity contribution < 1.29 is 5.11 Å². The molecule has 2 aliphatic rings. The summed E-state index contributed by atoms with van der Waals surface area (Å²) in [6, 6.07) is 8.74. The Morgan fingerprint density at radius 3 is 2.79 bits per heavy atom. The lowest BCUT2D eigenvalue weighted by molar-refractivity contribution is 0.120. The molecule has 104 valence electrons. The van der Waals surface area contributed by atoms with Gasteiger partial charge in [0.25, 0.3) is 0 Å². The first kappa shape index (κ1) is 13.5. The monoisotopic (exact) mass is 277 g/mol. The molecule has 1 fully saturated rings. The van der Waals surface area contributed by atoms with Gasteiger partial charge in [0, 0.05) is 28.6 Å². The Morgan fingerprint density at radius 1 is 1.21 bits per heavy atom. The van der Waals surface area contributed by atoms with Crippen molar-refractivity contribution in [2.24, 2.45) is 0 Å². The Balaban J connectivity index is 1.63. The third-order valence-electron chi connectivity index (χ3n) is 4.64. The third-order valence-corrected chi connectivity index (χ3v) is 5.89. The van der Waals surface area contributed by atoms with Gasteiger partial charge in [-0.3, -0.25) is 0 Å². The SMILES string of the molecule is OCC1(NCC2CSc3ccccc32)CCCCC1. The molecular weight excluding hydrogens is 254 g/mol. The Hall–Kier alpha value is -0.510. The Labute approximate surface area is 120 Å². The fraction of sp³-hybridized carbons (Fsp3) is 0.625. The number of hydrogen-bond acceptors (Lipinski definition) is 3. The van der Waals surface area contributed by atoms with E-state index in [1.807, 2.05) is 11.8 Å². The van der Waals surface area contributed by atoms with E-state index < -0.39 is 0 Å². The quantitative estimate of drug-likeness (QED) is 0.886. The van der Waals surface area contributed by atoms with Gasteiger partial charge in [-0.05, 0) is 24.5 Å². The summed E-state index contributed by atoms with van der Waals surface area (Å²) in [5.41, 5.74) is 1.49. The molecule has 1 aliphatic carbocycles. The van der Waals surface area contributed by atoms with Gasteiger partial charge < -0.3 is 10.4 Å². The van der Waals surface area contributed by atoms with Crippen LogP contribution < -0.4 is 5.32 Å². The Kier molecular flexibility index (Phi) is 4.15. The molecule has 0 saturated heterocycles. The maximum atomic E-state index is 9.74. The average molecular weight is 277 g/mol. The van der Waals surface area contributed by atoms with Gasteiger partial charge in [0.05, 0.1) is 6.61 Å². The van der Waals surface area contributed by atoms with Crippen LogP contribution in [0.25, 0.3) is 0 Å². The van der Waals surface area contributed by atoms with Crippen molar-refractivity contribution in [2.75, 3.05) is 18.9 Å². The van der Waals surface area contributed by atoms with Gasteiger partial charge in [0.15, 0.2) is 0 Å². The van der Waals surface area contributed by atoms with Crippen molar-refractivity contribution in [3.63, 3.8) is 0 Å². The van der Waals surface area contributed by atoms with E-state index >= 15 is 0 Å². The molecule has 19 heavy (non-hydrogen) atoms. The second-order valence-electron chi connectivity index (χ2n) is 5.93. The molecule has 3 rings (SSSR count). The Bertz CT molecular complexity index is 429. The van der Waals surface area contributed by atoms with Gasteiger partial charge in [-0.25, -0.2) is 0 Å². The van der Waals surface area contributed by atoms with Gasteiger partial charge in [0.1, 0.15) is 0 Å². The van der Waals surface area contributed by atoms with E-state index in [-0.39, 0.29) is 12.1 Å². The van der Waals surface area contributed by atoms with Crippen LogP contribution in [0, 0.1) is 0 Å². The zero-order valence-corrected chi connectivity index (χ0v) is 12.2. The predicted octanol–water partition coefficient (Wildman–Crippen LogP) is 3.16. The minimum atomic E-state index is 0.000447. The first-order valence-corrected chi connectivity index (χ1v) is 8.39. The van der Waals surface area contributed by atoms with Crippen molar-refractivity contribution >= 4 is 11.8 Å². The van der Waals surface area contributed by atoms with Crippen LogP contribution in [0.15, 0.2) is 29.2 Å². The first-order chi connectivity index (χ1) is 9.33. The maximum absolute atomic E-state index is 9.74. The van der Waals surface area contributed by atoms with Crippen molar-refractivity contribution in [1.29, 1.82) is 0 Å². The van der Waals surface area contributed by atoms with E-state index in [4.69, 9.17) is 0 Å². The molecular formula is C16H23NOS. The summed E-state index contributed by atoms with van der Waals surface area (Å²) in [4.78, 5) is 1.44. The van der Waals surface area contributed by atoms with Crippen LogP contribution >= 0.6 is 11.8 Å². The lowest BCUT2D eigenvalue weighted by Gasteiger charge is -2.37. The number of benzene rings is 1. The van der Waals surface area contributed by atoms with E-state index in [0.717, 1.165) is 19.4 Å². The molecule has 2 N–H and O–H groups in total. The maximum Gasteiger partial charge on any atom is 0.0613 e. The highest BCUT2D eigenvalue weighted by Gasteiger charge is 2.32. The molecule has 0 spiro atoms. The zero-order chi connectivity index (χ0) is 13.1. The van der Waals surface area contributed by atoms with Gasteiger partial charge in [-0.15, -0.1) is 11.8 Å². The number of rotatable bonds is 4. The molecule has 1 heterocycles. The van der Waals surface area contributed by atoms with Crippen LogP contribution in [0.3, 0.4) is 0 Å². The van der Waals surface area contributed by atoms with Gasteiger partial charge in [0.2, 0.25) is 0 Å². The van der Waals surface area contributed by atoms with E-state index in [9.17, 15) is 5.11 Å². The highest BCUT2D eigenvalue weighted by atomic mass is 32.2. The lowest BCUT2D eigenvalue weighted by Crippen LogP contribution is -2.51. The summed E-state index contributed by atoms with van der Waals surface area (Å²) in [6.45, 7) is 1.29. The van der Waals surface area contributed by atoms with E-state index in [2.05, 4.69) is 29.6 Å². The van der Waals surface area contributed by atoms with Crippen LogP contribution in [0.4, 0.5) is 0 Å². The summed E-state index contributed by atoms with van der Waals surface area (Å²) < 4.78 is 0. The first-order valence-electron chi connectivity index (χ1n) is 7.41. The molecule has 2 nitrogen and oxygen atoms in total. The molecule has 0 radical (unpaired) electrons. The molecule has 0 amide bonds. The molecule has 3 heteroatoms. The predicted molar refractivity (Wildman–Crippen MR) is 80.8 cm³/mol. The third kappa shape index (κ3) is 2.83. The van der Waals surface area contributed by atoms with Crippen LogP contribution in [0.1, 0.15) is 43.6 Å². The molecule has 0 bridgehead atoms. The second kappa shape index (κ2) is 5.86. The number of fused-ring (bicyclic) bond motifs is 1. The summed E-state index contributed by atoms with van der Waals surface area (Å²) in [5.74, 6) is 1.78. The van der Waals surface area contributed by atoms with E-state index in [1.165, 1.54) is 35.5 Å². The standard InChI is InChI=1S/C16H23NOS/c18-12-16(8-4-1-5-9-16)17-10-13-11-19-15-7-3-2-6-14(13)15/h2-3,6-7,13,17-18H,1,4-5,8-12H2. The smallest absolute Gasteiger partial charge is 0.0613 e. The second-order valence-corrected chi connectivity index (χ2v) is 6.99. The fourth-order valence-electron chi connectivity index (χ4n) is 3.36. The number of aliphatic hydroxyl groups excluding tert-OH is 1. The number of thioether (sulfide) groups is 1. The largest absolute Gasteiger partial charge is 0.394 e. The summed E-state index contributed by atoms with van der Waals surface area (Å²) >= 11 is 1.97. The van der Waals surface area contributed by atoms with E-state index in [0.29, 0.717) is 5.92 Å². The topological polar surface area (TPSA) is 32.3 Å². The summed E-state index contributed by atoms with van der Waals surface area (Å²) in [5, 5.41) is 13.4. The highest BCUT2D eigenvalue weighted by Crippen LogP contribution is 2.39. The normalized spacial score (nSPS) is 25.2. The molecule has 1 saturated carbocycles. The summed E-state index contributed by atoms with van der Waals surface area (Å²) in [7, 11) is 0. The van der Waals surface area contributed by atoms with Gasteiger partial charge in [-0.1, -0.05) is 37.5 Å². The molecule has 1 aromatic carbocycles. The molecule has 1 aliphatic heterocycles. The van der Waals surface area contributed by atoms with Crippen LogP contribution in [0.2, 0.25) is 0 Å². The van der Waals surface area contributed by atoms with Crippen LogP contribution in [-0.4, -0.2) is 29.5 Å². The fourth-order valence-corrected chi connectivity index (χ4v) is 4.61. The zero-order valence-electron chi connectivity index (χ0n) is 11.4. The van der Waals surface area contributed by atoms with Gasteiger partial charge >= 0.3 is 0 Å². The highest BCUT2D eigenvalue weighted by molar-refractivity contribution is 7.99. The number of aliphatic hydroxyl groups is 1. The van der Waals surface area contributed by atoms with Crippen molar-refractivity contribution in [3.05, 3.63) is 29.8 Å². The molecule has 1 atom stereocenters. The van der Waals surface area contributed by atoms with Crippen LogP contribution in [-0.2, 0) is 0 Å². The molecule has 0 aromatic heterocycles. The summed E-state index contributed by atoms with van der Waals surface area (Å²) in [6.07, 6.45) is 6.09. The van der Waals surface area contributed by atoms with Crippen molar-refractivity contribution in [3.8, 4) is 0 Å². The number of hydrogen-bond donors (Lipinski definition) is 2. The molecule has 1 unspecified atom stereocenters. The van der Waals surface area contributed by atoms with Gasteiger partial charge in [-0.2, -0.15) is 0 Å². The minimum absolute atomic E-state index is 0.000447. The van der Waals surface area contributed by atoms with Crippen molar-refractivity contribution in [2.45, 2.75) is 48.5 Å². The van der Waals surface area contributed by atoms with Crippen molar-refractivity contribution in [1.82, 2.24) is 5.32 Å².